The third-order valence-corrected chi connectivity index (χ3v) is 4.19. The van der Waals surface area contributed by atoms with E-state index in [2.05, 4.69) is 24.8 Å². The number of fused-ring (bicyclic) bond motifs is 1. The number of para-hydroxylation sites is 2. The van der Waals surface area contributed by atoms with E-state index in [0.29, 0.717) is 11.0 Å². The summed E-state index contributed by atoms with van der Waals surface area (Å²) in [6, 6.07) is 9.61. The van der Waals surface area contributed by atoms with Crippen LogP contribution in [0, 0.1) is 0 Å². The third kappa shape index (κ3) is 3.21. The highest BCUT2D eigenvalue weighted by atomic mass is 35.5. The highest BCUT2D eigenvalue weighted by Gasteiger charge is 2.14. The zero-order valence-corrected chi connectivity index (χ0v) is 13.8. The summed E-state index contributed by atoms with van der Waals surface area (Å²) in [6.07, 6.45) is 7.81. The second-order valence-electron chi connectivity index (χ2n) is 5.72. The van der Waals surface area contributed by atoms with Crippen molar-refractivity contribution in [3.63, 3.8) is 0 Å². The van der Waals surface area contributed by atoms with Gasteiger partial charge in [-0.1, -0.05) is 23.7 Å². The Morgan fingerprint density at radius 3 is 2.58 bits per heavy atom. The fourth-order valence-electron chi connectivity index (χ4n) is 2.82. The zero-order valence-electron chi connectivity index (χ0n) is 13.1. The summed E-state index contributed by atoms with van der Waals surface area (Å²) in [5, 5.41) is 0.455. The fraction of sp³-hybridized carbons (Fsp3) is 0.222. The molecule has 5 nitrogen and oxygen atoms in total. The Hall–Kier alpha value is -2.53. The van der Waals surface area contributed by atoms with Gasteiger partial charge in [0.05, 0.1) is 22.9 Å². The average Bonchev–Trinajstić information content (AvgIpc) is 3.14. The fourth-order valence-corrected chi connectivity index (χ4v) is 3.00. The molecule has 0 bridgehead atoms. The Bertz CT molecular complexity index is 903. The minimum Gasteiger partial charge on any atom is -0.356 e. The number of aromatic nitrogens is 4. The summed E-state index contributed by atoms with van der Waals surface area (Å²) in [5.74, 6) is 1.47. The molecular weight excluding hydrogens is 322 g/mol. The summed E-state index contributed by atoms with van der Waals surface area (Å²) in [6.45, 7) is 2.04. The Morgan fingerprint density at radius 1 is 0.958 bits per heavy atom. The van der Waals surface area contributed by atoms with Crippen LogP contribution in [0.15, 0.2) is 36.5 Å². The Kier molecular flexibility index (Phi) is 4.09. The predicted octanol–water partition coefficient (Wildman–Crippen LogP) is 3.84. The summed E-state index contributed by atoms with van der Waals surface area (Å²) in [7, 11) is 0. The van der Waals surface area contributed by atoms with E-state index < -0.39 is 0 Å². The number of halogens is 1. The molecule has 0 radical (unpaired) electrons. The molecule has 1 saturated heterocycles. The standard InChI is InChI=1S/C18H16ClN5/c19-16-11-18(24-9-3-4-10-24)23-17(22-16)8-7-13-12-20-14-5-1-2-6-15(14)21-13/h1-2,5-8,11-12H,3-4,9-10H2. The zero-order chi connectivity index (χ0) is 16.4. The summed E-state index contributed by atoms with van der Waals surface area (Å²) >= 11 is 6.15. The number of hydrogen-bond donors (Lipinski definition) is 0. The van der Waals surface area contributed by atoms with Crippen LogP contribution in [0.2, 0.25) is 5.15 Å². The lowest BCUT2D eigenvalue weighted by Crippen LogP contribution is -2.19. The third-order valence-electron chi connectivity index (χ3n) is 4.00. The lowest BCUT2D eigenvalue weighted by molar-refractivity contribution is 0.923. The Labute approximate surface area is 145 Å². The molecule has 0 aliphatic carbocycles. The van der Waals surface area contributed by atoms with E-state index in [0.717, 1.165) is 35.6 Å². The van der Waals surface area contributed by atoms with Gasteiger partial charge in [0.2, 0.25) is 0 Å². The van der Waals surface area contributed by atoms with E-state index in [9.17, 15) is 0 Å². The summed E-state index contributed by atoms with van der Waals surface area (Å²) in [5.41, 5.74) is 2.51. The predicted molar refractivity (Wildman–Crippen MR) is 97.0 cm³/mol. The molecule has 0 amide bonds. The van der Waals surface area contributed by atoms with Crippen molar-refractivity contribution in [3.05, 3.63) is 53.2 Å². The SMILES string of the molecule is Clc1cc(N2CCCC2)nc(C=Cc2cnc3ccccc3n2)n1. The number of nitrogens with zero attached hydrogens (tertiary/aromatic N) is 5. The molecule has 3 heterocycles. The van der Waals surface area contributed by atoms with Crippen molar-refractivity contribution in [3.8, 4) is 0 Å². The van der Waals surface area contributed by atoms with Crippen molar-refractivity contribution in [2.45, 2.75) is 12.8 Å². The molecule has 0 N–H and O–H groups in total. The number of benzene rings is 1. The first kappa shape index (κ1) is 15.0. The van der Waals surface area contributed by atoms with Crippen LogP contribution in [0.5, 0.6) is 0 Å². The molecule has 3 aromatic rings. The average molecular weight is 338 g/mol. The van der Waals surface area contributed by atoms with Gasteiger partial charge in [0.25, 0.3) is 0 Å². The molecule has 0 spiro atoms. The molecule has 120 valence electrons. The van der Waals surface area contributed by atoms with Crippen LogP contribution in [0.3, 0.4) is 0 Å². The van der Waals surface area contributed by atoms with Crippen LogP contribution in [-0.4, -0.2) is 33.0 Å². The molecule has 1 aliphatic heterocycles. The van der Waals surface area contributed by atoms with Gasteiger partial charge in [-0.05, 0) is 37.1 Å². The van der Waals surface area contributed by atoms with Gasteiger partial charge in [-0.2, -0.15) is 0 Å². The van der Waals surface area contributed by atoms with E-state index in [4.69, 9.17) is 11.6 Å². The largest absolute Gasteiger partial charge is 0.356 e. The van der Waals surface area contributed by atoms with Crippen molar-refractivity contribution in [2.24, 2.45) is 0 Å². The van der Waals surface area contributed by atoms with E-state index in [-0.39, 0.29) is 0 Å². The highest BCUT2D eigenvalue weighted by Crippen LogP contribution is 2.21. The molecular formula is C18H16ClN5. The van der Waals surface area contributed by atoms with Crippen LogP contribution in [-0.2, 0) is 0 Å². The maximum atomic E-state index is 6.15. The van der Waals surface area contributed by atoms with Crippen molar-refractivity contribution in [2.75, 3.05) is 18.0 Å². The van der Waals surface area contributed by atoms with Gasteiger partial charge in [0.1, 0.15) is 11.0 Å². The van der Waals surface area contributed by atoms with Crippen molar-refractivity contribution >= 4 is 40.6 Å². The van der Waals surface area contributed by atoms with Gasteiger partial charge in [-0.15, -0.1) is 0 Å². The number of hydrogen-bond acceptors (Lipinski definition) is 5. The van der Waals surface area contributed by atoms with Gasteiger partial charge in [0.15, 0.2) is 5.82 Å². The monoisotopic (exact) mass is 337 g/mol. The molecule has 1 fully saturated rings. The van der Waals surface area contributed by atoms with Gasteiger partial charge in [-0.25, -0.2) is 15.0 Å². The number of rotatable bonds is 3. The van der Waals surface area contributed by atoms with Crippen LogP contribution in [0.25, 0.3) is 23.2 Å². The summed E-state index contributed by atoms with van der Waals surface area (Å²) < 4.78 is 0. The van der Waals surface area contributed by atoms with E-state index >= 15 is 0 Å². The molecule has 6 heteroatoms. The van der Waals surface area contributed by atoms with E-state index in [1.807, 2.05) is 42.5 Å². The molecule has 4 rings (SSSR count). The molecule has 1 aliphatic rings. The maximum Gasteiger partial charge on any atom is 0.156 e. The second-order valence-corrected chi connectivity index (χ2v) is 6.11. The van der Waals surface area contributed by atoms with E-state index in [1.54, 1.807) is 6.20 Å². The second kappa shape index (κ2) is 6.53. The van der Waals surface area contributed by atoms with Crippen molar-refractivity contribution in [1.82, 2.24) is 19.9 Å². The van der Waals surface area contributed by atoms with Gasteiger partial charge in [0, 0.05) is 19.2 Å². The van der Waals surface area contributed by atoms with Crippen LogP contribution < -0.4 is 4.90 Å². The topological polar surface area (TPSA) is 54.8 Å². The van der Waals surface area contributed by atoms with Crippen LogP contribution in [0.1, 0.15) is 24.4 Å². The lowest BCUT2D eigenvalue weighted by atomic mass is 10.3. The molecule has 0 unspecified atom stereocenters. The smallest absolute Gasteiger partial charge is 0.156 e. The van der Waals surface area contributed by atoms with Crippen molar-refractivity contribution in [1.29, 1.82) is 0 Å². The molecule has 1 aromatic carbocycles. The first-order chi connectivity index (χ1) is 11.8. The molecule has 2 aromatic heterocycles. The minimum atomic E-state index is 0.455. The normalized spacial score (nSPS) is 14.8. The van der Waals surface area contributed by atoms with E-state index in [1.165, 1.54) is 12.8 Å². The first-order valence-electron chi connectivity index (χ1n) is 7.97. The Balaban J connectivity index is 1.62. The quantitative estimate of drug-likeness (QED) is 0.679. The Morgan fingerprint density at radius 2 is 1.75 bits per heavy atom. The minimum absolute atomic E-state index is 0.455. The van der Waals surface area contributed by atoms with Gasteiger partial charge < -0.3 is 4.90 Å². The van der Waals surface area contributed by atoms with Crippen molar-refractivity contribution < 1.29 is 0 Å². The lowest BCUT2D eigenvalue weighted by Gasteiger charge is -2.16. The highest BCUT2D eigenvalue weighted by molar-refractivity contribution is 6.29. The maximum absolute atomic E-state index is 6.15. The summed E-state index contributed by atoms with van der Waals surface area (Å²) in [4.78, 5) is 20.1. The van der Waals surface area contributed by atoms with Gasteiger partial charge in [-0.3, -0.25) is 4.98 Å². The molecule has 0 atom stereocenters. The first-order valence-corrected chi connectivity index (χ1v) is 8.35. The number of anilines is 1. The molecule has 0 saturated carbocycles. The van der Waals surface area contributed by atoms with Gasteiger partial charge >= 0.3 is 0 Å². The molecule has 24 heavy (non-hydrogen) atoms. The van der Waals surface area contributed by atoms with Crippen LogP contribution >= 0.6 is 11.6 Å². The van der Waals surface area contributed by atoms with Crippen LogP contribution in [0.4, 0.5) is 5.82 Å².